The van der Waals surface area contributed by atoms with E-state index in [1.807, 2.05) is 24.3 Å². The van der Waals surface area contributed by atoms with Crippen molar-refractivity contribution in [1.29, 1.82) is 0 Å². The second kappa shape index (κ2) is 8.63. The molecule has 1 heterocycles. The largest absolute Gasteiger partial charge is 0.381 e. The van der Waals surface area contributed by atoms with Crippen molar-refractivity contribution in [1.82, 2.24) is 5.32 Å². The average Bonchev–Trinajstić information content (AvgIpc) is 2.53. The lowest BCUT2D eigenvalue weighted by Gasteiger charge is -2.26. The molecule has 1 atom stereocenters. The Hall–Kier alpha value is -0.750. The van der Waals surface area contributed by atoms with Crippen LogP contribution in [0.3, 0.4) is 0 Å². The van der Waals surface area contributed by atoms with Gasteiger partial charge in [-0.15, -0.1) is 11.8 Å². The molecule has 1 saturated heterocycles. The van der Waals surface area contributed by atoms with Crippen molar-refractivity contribution in [3.05, 3.63) is 29.3 Å². The number of hydrogen-bond donors (Lipinski definition) is 2. The highest BCUT2D eigenvalue weighted by Crippen LogP contribution is 2.20. The van der Waals surface area contributed by atoms with E-state index in [9.17, 15) is 4.79 Å². The molecule has 4 nitrogen and oxygen atoms in total. The second-order valence-electron chi connectivity index (χ2n) is 5.07. The van der Waals surface area contributed by atoms with Crippen LogP contribution >= 0.6 is 23.4 Å². The van der Waals surface area contributed by atoms with Crippen LogP contribution in [0, 0.1) is 5.92 Å². The summed E-state index contributed by atoms with van der Waals surface area (Å²) in [7, 11) is 0. The van der Waals surface area contributed by atoms with Gasteiger partial charge in [0.15, 0.2) is 0 Å². The van der Waals surface area contributed by atoms with Crippen molar-refractivity contribution in [3.63, 3.8) is 0 Å². The summed E-state index contributed by atoms with van der Waals surface area (Å²) in [5.74, 6) is 0.995. The fourth-order valence-corrected chi connectivity index (χ4v) is 3.18. The predicted octanol–water partition coefficient (Wildman–Crippen LogP) is 2.30. The third kappa shape index (κ3) is 5.51. The topological polar surface area (TPSA) is 64.4 Å². The SMILES string of the molecule is NC(C(=O)NCCSc1ccc(Cl)cc1)C1CCOCC1. The Bertz CT molecular complexity index is 449. The van der Waals surface area contributed by atoms with E-state index in [0.29, 0.717) is 19.8 Å². The summed E-state index contributed by atoms with van der Waals surface area (Å²) in [5, 5.41) is 3.64. The van der Waals surface area contributed by atoms with Gasteiger partial charge in [0.25, 0.3) is 0 Å². The highest BCUT2D eigenvalue weighted by molar-refractivity contribution is 7.99. The fourth-order valence-electron chi connectivity index (χ4n) is 2.28. The molecule has 1 unspecified atom stereocenters. The molecule has 116 valence electrons. The van der Waals surface area contributed by atoms with E-state index in [2.05, 4.69) is 5.32 Å². The number of rotatable bonds is 6. The molecule has 1 aliphatic heterocycles. The molecular formula is C15H21ClN2O2S. The van der Waals surface area contributed by atoms with Gasteiger partial charge in [-0.05, 0) is 43.0 Å². The summed E-state index contributed by atoms with van der Waals surface area (Å²) in [6.07, 6.45) is 1.74. The Labute approximate surface area is 134 Å². The van der Waals surface area contributed by atoms with Crippen LogP contribution in [0.15, 0.2) is 29.2 Å². The molecule has 21 heavy (non-hydrogen) atoms. The lowest BCUT2D eigenvalue weighted by molar-refractivity contribution is -0.124. The van der Waals surface area contributed by atoms with E-state index in [-0.39, 0.29) is 11.8 Å². The smallest absolute Gasteiger partial charge is 0.237 e. The first kappa shape index (κ1) is 16.6. The summed E-state index contributed by atoms with van der Waals surface area (Å²) >= 11 is 7.52. The summed E-state index contributed by atoms with van der Waals surface area (Å²) in [6, 6.07) is 7.26. The first-order chi connectivity index (χ1) is 10.2. The zero-order valence-electron chi connectivity index (χ0n) is 11.9. The van der Waals surface area contributed by atoms with Crippen molar-refractivity contribution in [2.24, 2.45) is 11.7 Å². The maximum absolute atomic E-state index is 12.0. The number of halogens is 1. The van der Waals surface area contributed by atoms with Crippen molar-refractivity contribution in [2.45, 2.75) is 23.8 Å². The maximum Gasteiger partial charge on any atom is 0.237 e. The minimum Gasteiger partial charge on any atom is -0.381 e. The van der Waals surface area contributed by atoms with Crippen molar-refractivity contribution in [3.8, 4) is 0 Å². The number of carbonyl (C=O) groups is 1. The number of amides is 1. The molecule has 1 aromatic rings. The molecular weight excluding hydrogens is 308 g/mol. The van der Waals surface area contributed by atoms with Gasteiger partial charge < -0.3 is 15.8 Å². The Balaban J connectivity index is 1.65. The normalized spacial score (nSPS) is 17.4. The third-order valence-corrected chi connectivity index (χ3v) is 4.83. The number of nitrogens with two attached hydrogens (primary N) is 1. The first-order valence-electron chi connectivity index (χ1n) is 7.16. The van der Waals surface area contributed by atoms with Gasteiger partial charge in [-0.2, -0.15) is 0 Å². The van der Waals surface area contributed by atoms with Gasteiger partial charge in [-0.25, -0.2) is 0 Å². The fraction of sp³-hybridized carbons (Fsp3) is 0.533. The van der Waals surface area contributed by atoms with E-state index in [0.717, 1.165) is 28.5 Å². The lowest BCUT2D eigenvalue weighted by Crippen LogP contribution is -2.47. The van der Waals surface area contributed by atoms with Crippen molar-refractivity contribution < 1.29 is 9.53 Å². The van der Waals surface area contributed by atoms with E-state index >= 15 is 0 Å². The maximum atomic E-state index is 12.0. The Morgan fingerprint density at radius 2 is 2.05 bits per heavy atom. The number of ether oxygens (including phenoxy) is 1. The molecule has 0 bridgehead atoms. The average molecular weight is 329 g/mol. The lowest BCUT2D eigenvalue weighted by atomic mass is 9.92. The Kier molecular flexibility index (Phi) is 6.83. The molecule has 1 amide bonds. The third-order valence-electron chi connectivity index (χ3n) is 3.56. The second-order valence-corrected chi connectivity index (χ2v) is 6.67. The highest BCUT2D eigenvalue weighted by atomic mass is 35.5. The first-order valence-corrected chi connectivity index (χ1v) is 8.52. The molecule has 3 N–H and O–H groups in total. The molecule has 0 radical (unpaired) electrons. The summed E-state index contributed by atoms with van der Waals surface area (Å²) < 4.78 is 5.29. The molecule has 6 heteroatoms. The van der Waals surface area contributed by atoms with E-state index in [1.165, 1.54) is 0 Å². The quantitative estimate of drug-likeness (QED) is 0.621. The zero-order valence-corrected chi connectivity index (χ0v) is 13.5. The van der Waals surface area contributed by atoms with Gasteiger partial charge in [0.05, 0.1) is 6.04 Å². The zero-order chi connectivity index (χ0) is 15.1. The van der Waals surface area contributed by atoms with Gasteiger partial charge in [0.1, 0.15) is 0 Å². The molecule has 1 aromatic carbocycles. The standard InChI is InChI=1S/C15H21ClN2O2S/c16-12-1-3-13(4-2-12)21-10-7-18-15(19)14(17)11-5-8-20-9-6-11/h1-4,11,14H,5-10,17H2,(H,18,19). The molecule has 1 aliphatic rings. The number of thioether (sulfide) groups is 1. The van der Waals surface area contributed by atoms with Gasteiger partial charge in [-0.1, -0.05) is 11.6 Å². The van der Waals surface area contributed by atoms with Gasteiger partial charge >= 0.3 is 0 Å². The summed E-state index contributed by atoms with van der Waals surface area (Å²) in [4.78, 5) is 13.1. The molecule has 0 aliphatic carbocycles. The highest BCUT2D eigenvalue weighted by Gasteiger charge is 2.26. The van der Waals surface area contributed by atoms with E-state index in [4.69, 9.17) is 22.1 Å². The number of hydrogen-bond acceptors (Lipinski definition) is 4. The molecule has 1 fully saturated rings. The molecule has 2 rings (SSSR count). The van der Waals surface area contributed by atoms with Gasteiger partial charge in [0.2, 0.25) is 5.91 Å². The van der Waals surface area contributed by atoms with E-state index in [1.54, 1.807) is 11.8 Å². The molecule has 0 aromatic heterocycles. The Morgan fingerprint density at radius 3 is 2.71 bits per heavy atom. The van der Waals surface area contributed by atoms with Crippen LogP contribution in [0.1, 0.15) is 12.8 Å². The monoisotopic (exact) mass is 328 g/mol. The molecule has 0 saturated carbocycles. The van der Waals surface area contributed by atoms with E-state index < -0.39 is 6.04 Å². The minimum atomic E-state index is -0.422. The van der Waals surface area contributed by atoms with Crippen LogP contribution in [0.25, 0.3) is 0 Å². The van der Waals surface area contributed by atoms with Crippen LogP contribution in [-0.2, 0) is 9.53 Å². The van der Waals surface area contributed by atoms with Crippen LogP contribution < -0.4 is 11.1 Å². The van der Waals surface area contributed by atoms with Gasteiger partial charge in [-0.3, -0.25) is 4.79 Å². The van der Waals surface area contributed by atoms with Crippen LogP contribution in [-0.4, -0.2) is 37.5 Å². The van der Waals surface area contributed by atoms with Crippen LogP contribution in [0.5, 0.6) is 0 Å². The number of carbonyl (C=O) groups excluding carboxylic acids is 1. The van der Waals surface area contributed by atoms with Crippen molar-refractivity contribution in [2.75, 3.05) is 25.5 Å². The van der Waals surface area contributed by atoms with Gasteiger partial charge in [0, 0.05) is 35.4 Å². The molecule has 0 spiro atoms. The Morgan fingerprint density at radius 1 is 1.38 bits per heavy atom. The van der Waals surface area contributed by atoms with Crippen LogP contribution in [0.2, 0.25) is 5.02 Å². The summed E-state index contributed by atoms with van der Waals surface area (Å²) in [5.41, 5.74) is 6.01. The van der Waals surface area contributed by atoms with Crippen molar-refractivity contribution >= 4 is 29.3 Å². The summed E-state index contributed by atoms with van der Waals surface area (Å²) in [6.45, 7) is 2.03. The number of nitrogens with one attached hydrogen (secondary N) is 1. The number of benzene rings is 1. The van der Waals surface area contributed by atoms with Crippen LogP contribution in [0.4, 0.5) is 0 Å². The predicted molar refractivity (Wildman–Crippen MR) is 86.7 cm³/mol. The minimum absolute atomic E-state index is 0.0568.